The standard InChI is InChI=1S/C14H19NO2/c1-14(2,9-13(16)17)11-5-4-10-6-7-15(3)12(10)8-11/h4-5,8H,6-7,9H2,1-3H3,(H,16,17). The Bertz CT molecular complexity index is 452. The third-order valence-corrected chi connectivity index (χ3v) is 3.59. The monoisotopic (exact) mass is 233 g/mol. The van der Waals surface area contributed by atoms with Crippen LogP contribution in [0.4, 0.5) is 5.69 Å². The van der Waals surface area contributed by atoms with E-state index in [0.29, 0.717) is 0 Å². The first-order valence-corrected chi connectivity index (χ1v) is 5.96. The number of carboxylic acids is 1. The Balaban J connectivity index is 2.34. The molecule has 17 heavy (non-hydrogen) atoms. The zero-order chi connectivity index (χ0) is 12.6. The van der Waals surface area contributed by atoms with E-state index in [1.54, 1.807) is 0 Å². The molecule has 0 radical (unpaired) electrons. The molecule has 0 spiro atoms. The highest BCUT2D eigenvalue weighted by Gasteiger charge is 2.26. The molecule has 1 aliphatic heterocycles. The number of hydrogen-bond acceptors (Lipinski definition) is 2. The van der Waals surface area contributed by atoms with Crippen molar-refractivity contribution in [3.63, 3.8) is 0 Å². The van der Waals surface area contributed by atoms with Gasteiger partial charge in [0, 0.05) is 24.7 Å². The van der Waals surface area contributed by atoms with Crippen LogP contribution in [0.25, 0.3) is 0 Å². The molecular formula is C14H19NO2. The molecule has 3 nitrogen and oxygen atoms in total. The quantitative estimate of drug-likeness (QED) is 0.871. The molecule has 0 unspecified atom stereocenters. The number of likely N-dealkylation sites (N-methyl/N-ethyl adjacent to an activating group) is 1. The number of nitrogens with zero attached hydrogens (tertiary/aromatic N) is 1. The number of rotatable bonds is 3. The van der Waals surface area contributed by atoms with Crippen LogP contribution in [0.2, 0.25) is 0 Å². The van der Waals surface area contributed by atoms with Crippen molar-refractivity contribution < 1.29 is 9.90 Å². The molecule has 1 N–H and O–H groups in total. The summed E-state index contributed by atoms with van der Waals surface area (Å²) in [4.78, 5) is 13.1. The van der Waals surface area contributed by atoms with E-state index < -0.39 is 5.97 Å². The lowest BCUT2D eigenvalue weighted by Crippen LogP contribution is -2.22. The van der Waals surface area contributed by atoms with Gasteiger partial charge in [0.05, 0.1) is 6.42 Å². The van der Waals surface area contributed by atoms with Crippen molar-refractivity contribution in [1.82, 2.24) is 0 Å². The Kier molecular flexibility index (Phi) is 2.86. The molecule has 0 fully saturated rings. The van der Waals surface area contributed by atoms with Gasteiger partial charge in [-0.3, -0.25) is 4.79 Å². The Labute approximate surface area is 102 Å². The number of carboxylic acid groups (broad SMARTS) is 1. The molecule has 0 saturated carbocycles. The minimum absolute atomic E-state index is 0.162. The molecule has 0 bridgehead atoms. The molecule has 1 heterocycles. The van der Waals surface area contributed by atoms with E-state index >= 15 is 0 Å². The van der Waals surface area contributed by atoms with Crippen molar-refractivity contribution >= 4 is 11.7 Å². The number of benzene rings is 1. The van der Waals surface area contributed by atoms with Gasteiger partial charge in [0.1, 0.15) is 0 Å². The van der Waals surface area contributed by atoms with Crippen LogP contribution in [0.3, 0.4) is 0 Å². The van der Waals surface area contributed by atoms with E-state index in [9.17, 15) is 4.79 Å². The average molecular weight is 233 g/mol. The number of hydrogen-bond donors (Lipinski definition) is 1. The van der Waals surface area contributed by atoms with Gasteiger partial charge in [0.25, 0.3) is 0 Å². The van der Waals surface area contributed by atoms with Gasteiger partial charge in [-0.1, -0.05) is 26.0 Å². The molecule has 0 aliphatic carbocycles. The smallest absolute Gasteiger partial charge is 0.304 e. The Morgan fingerprint density at radius 3 is 2.82 bits per heavy atom. The van der Waals surface area contributed by atoms with Crippen LogP contribution in [0, 0.1) is 0 Å². The molecular weight excluding hydrogens is 214 g/mol. The largest absolute Gasteiger partial charge is 0.481 e. The van der Waals surface area contributed by atoms with Crippen LogP contribution >= 0.6 is 0 Å². The maximum absolute atomic E-state index is 10.9. The van der Waals surface area contributed by atoms with E-state index in [-0.39, 0.29) is 11.8 Å². The third-order valence-electron chi connectivity index (χ3n) is 3.59. The summed E-state index contributed by atoms with van der Waals surface area (Å²) >= 11 is 0. The maximum Gasteiger partial charge on any atom is 0.304 e. The van der Waals surface area contributed by atoms with Gasteiger partial charge in [-0.15, -0.1) is 0 Å². The lowest BCUT2D eigenvalue weighted by atomic mass is 9.81. The van der Waals surface area contributed by atoms with Gasteiger partial charge in [-0.05, 0) is 23.6 Å². The van der Waals surface area contributed by atoms with Gasteiger partial charge in [0.2, 0.25) is 0 Å². The number of carbonyl (C=O) groups is 1. The first kappa shape index (κ1) is 12.0. The van der Waals surface area contributed by atoms with Crippen molar-refractivity contribution in [3.8, 4) is 0 Å². The molecule has 0 atom stereocenters. The first-order valence-electron chi connectivity index (χ1n) is 5.96. The fraction of sp³-hybridized carbons (Fsp3) is 0.500. The van der Waals surface area contributed by atoms with Crippen molar-refractivity contribution in [2.24, 2.45) is 0 Å². The minimum Gasteiger partial charge on any atom is -0.481 e. The second-order valence-electron chi connectivity index (χ2n) is 5.47. The molecule has 1 aromatic carbocycles. The summed E-state index contributed by atoms with van der Waals surface area (Å²) in [5.74, 6) is -0.746. The van der Waals surface area contributed by atoms with Crippen LogP contribution in [0.15, 0.2) is 18.2 Å². The average Bonchev–Trinajstić information content (AvgIpc) is 2.58. The number of fused-ring (bicyclic) bond motifs is 1. The molecule has 1 aromatic rings. The minimum atomic E-state index is -0.746. The maximum atomic E-state index is 10.9. The Morgan fingerprint density at radius 1 is 1.47 bits per heavy atom. The van der Waals surface area contributed by atoms with Gasteiger partial charge < -0.3 is 10.0 Å². The lowest BCUT2D eigenvalue weighted by Gasteiger charge is -2.24. The van der Waals surface area contributed by atoms with Crippen molar-refractivity contribution in [3.05, 3.63) is 29.3 Å². The third kappa shape index (κ3) is 2.28. The zero-order valence-electron chi connectivity index (χ0n) is 10.7. The summed E-state index contributed by atoms with van der Waals surface area (Å²) in [5, 5.41) is 8.95. The predicted octanol–water partition coefficient (Wildman–Crippen LogP) is 2.43. The highest BCUT2D eigenvalue weighted by Crippen LogP contribution is 2.34. The van der Waals surface area contributed by atoms with E-state index in [1.807, 2.05) is 13.8 Å². The summed E-state index contributed by atoms with van der Waals surface area (Å²) in [5.41, 5.74) is 3.40. The fourth-order valence-electron chi connectivity index (χ4n) is 2.44. The van der Waals surface area contributed by atoms with Crippen molar-refractivity contribution in [2.45, 2.75) is 32.1 Å². The molecule has 1 aliphatic rings. The van der Waals surface area contributed by atoms with E-state index in [2.05, 4.69) is 30.1 Å². The highest BCUT2D eigenvalue weighted by molar-refractivity contribution is 5.69. The molecule has 0 aromatic heterocycles. The molecule has 3 heteroatoms. The van der Waals surface area contributed by atoms with Gasteiger partial charge in [-0.2, -0.15) is 0 Å². The predicted molar refractivity (Wildman–Crippen MR) is 68.7 cm³/mol. The summed E-state index contributed by atoms with van der Waals surface area (Å²) < 4.78 is 0. The van der Waals surface area contributed by atoms with E-state index in [1.165, 1.54) is 11.3 Å². The van der Waals surface area contributed by atoms with E-state index in [4.69, 9.17) is 5.11 Å². The topological polar surface area (TPSA) is 40.5 Å². The van der Waals surface area contributed by atoms with Crippen molar-refractivity contribution in [1.29, 1.82) is 0 Å². The summed E-state index contributed by atoms with van der Waals surface area (Å²) in [6.07, 6.45) is 1.25. The van der Waals surface area contributed by atoms with Crippen LogP contribution < -0.4 is 4.90 Å². The van der Waals surface area contributed by atoms with Crippen LogP contribution in [-0.2, 0) is 16.6 Å². The molecule has 2 rings (SSSR count). The summed E-state index contributed by atoms with van der Waals surface area (Å²) in [7, 11) is 2.08. The fourth-order valence-corrected chi connectivity index (χ4v) is 2.44. The van der Waals surface area contributed by atoms with E-state index in [0.717, 1.165) is 18.5 Å². The van der Waals surface area contributed by atoms with Crippen molar-refractivity contribution in [2.75, 3.05) is 18.5 Å². The zero-order valence-corrected chi connectivity index (χ0v) is 10.7. The van der Waals surface area contributed by atoms with Crippen LogP contribution in [0.5, 0.6) is 0 Å². The Morgan fingerprint density at radius 2 is 2.18 bits per heavy atom. The highest BCUT2D eigenvalue weighted by atomic mass is 16.4. The second kappa shape index (κ2) is 4.06. The summed E-state index contributed by atoms with van der Waals surface area (Å²) in [6, 6.07) is 6.35. The normalized spacial score (nSPS) is 14.9. The van der Waals surface area contributed by atoms with Gasteiger partial charge in [0.15, 0.2) is 0 Å². The van der Waals surface area contributed by atoms with Gasteiger partial charge in [-0.25, -0.2) is 0 Å². The lowest BCUT2D eigenvalue weighted by molar-refractivity contribution is -0.138. The Hall–Kier alpha value is -1.51. The first-order chi connectivity index (χ1) is 7.90. The number of aliphatic carboxylic acids is 1. The second-order valence-corrected chi connectivity index (χ2v) is 5.47. The van der Waals surface area contributed by atoms with Gasteiger partial charge >= 0.3 is 5.97 Å². The molecule has 0 amide bonds. The van der Waals surface area contributed by atoms with Crippen LogP contribution in [0.1, 0.15) is 31.4 Å². The number of anilines is 1. The summed E-state index contributed by atoms with van der Waals surface area (Å²) in [6.45, 7) is 5.02. The SMILES string of the molecule is CN1CCc2ccc(C(C)(C)CC(=O)O)cc21. The molecule has 0 saturated heterocycles. The molecule has 92 valence electrons. The van der Waals surface area contributed by atoms with Crippen LogP contribution in [-0.4, -0.2) is 24.7 Å².